The van der Waals surface area contributed by atoms with Gasteiger partial charge in [-0.3, -0.25) is 0 Å². The lowest BCUT2D eigenvalue weighted by atomic mass is 10.2. The fourth-order valence-electron chi connectivity index (χ4n) is 2.09. The van der Waals surface area contributed by atoms with Gasteiger partial charge in [0.2, 0.25) is 0 Å². The SMILES string of the molecule is COc1cc(OC)cc(Oc2ccc(OCC=C(Cl)Cl)c(C(F)(F)F)c2)c1. The second-order valence-electron chi connectivity index (χ2n) is 5.11. The molecule has 0 N–H and O–H groups in total. The summed E-state index contributed by atoms with van der Waals surface area (Å²) in [6.07, 6.45) is -3.41. The van der Waals surface area contributed by atoms with Gasteiger partial charge < -0.3 is 18.9 Å². The molecule has 0 bridgehead atoms. The molecule has 2 aromatic rings. The minimum absolute atomic E-state index is 0.0316. The lowest BCUT2D eigenvalue weighted by molar-refractivity contribution is -0.139. The van der Waals surface area contributed by atoms with E-state index in [1.165, 1.54) is 38.5 Å². The Hall–Kier alpha value is -2.25. The lowest BCUT2D eigenvalue weighted by Gasteiger charge is -2.15. The number of rotatable bonds is 7. The quantitative estimate of drug-likeness (QED) is 0.531. The number of hydrogen-bond acceptors (Lipinski definition) is 4. The molecule has 9 heteroatoms. The second-order valence-corrected chi connectivity index (χ2v) is 6.12. The van der Waals surface area contributed by atoms with Crippen LogP contribution in [-0.2, 0) is 6.18 Å². The van der Waals surface area contributed by atoms with Crippen molar-refractivity contribution in [2.45, 2.75) is 6.18 Å². The molecule has 146 valence electrons. The highest BCUT2D eigenvalue weighted by molar-refractivity contribution is 6.55. The van der Waals surface area contributed by atoms with Crippen LogP contribution < -0.4 is 18.9 Å². The number of halogens is 5. The Morgan fingerprint density at radius 3 is 2.04 bits per heavy atom. The first kappa shape index (κ1) is 21.1. The van der Waals surface area contributed by atoms with E-state index in [4.69, 9.17) is 42.1 Å². The summed E-state index contributed by atoms with van der Waals surface area (Å²) in [5.74, 6) is 0.722. The molecule has 0 fully saturated rings. The van der Waals surface area contributed by atoms with Crippen molar-refractivity contribution in [3.05, 3.63) is 52.5 Å². The Kier molecular flexibility index (Phi) is 7.10. The summed E-state index contributed by atoms with van der Waals surface area (Å²) in [5, 5.41) is 0. The smallest absolute Gasteiger partial charge is 0.420 e. The van der Waals surface area contributed by atoms with Gasteiger partial charge in [0.25, 0.3) is 0 Å². The first-order valence-corrected chi connectivity index (χ1v) is 8.24. The zero-order chi connectivity index (χ0) is 20.0. The summed E-state index contributed by atoms with van der Waals surface area (Å²) in [7, 11) is 2.90. The third-order valence-corrected chi connectivity index (χ3v) is 3.60. The molecule has 0 aliphatic carbocycles. The molecule has 27 heavy (non-hydrogen) atoms. The summed E-state index contributed by atoms with van der Waals surface area (Å²) in [5.41, 5.74) is -0.992. The molecule has 0 radical (unpaired) electrons. The molecule has 0 aliphatic rings. The van der Waals surface area contributed by atoms with Crippen LogP contribution >= 0.6 is 23.2 Å². The minimum Gasteiger partial charge on any atom is -0.496 e. The maximum Gasteiger partial charge on any atom is 0.420 e. The van der Waals surface area contributed by atoms with Gasteiger partial charge in [-0.15, -0.1) is 0 Å². The molecule has 0 heterocycles. The topological polar surface area (TPSA) is 36.9 Å². The molecule has 0 amide bonds. The molecule has 4 nitrogen and oxygen atoms in total. The van der Waals surface area contributed by atoms with E-state index < -0.39 is 11.7 Å². The Morgan fingerprint density at radius 1 is 0.926 bits per heavy atom. The van der Waals surface area contributed by atoms with Crippen LogP contribution in [0.15, 0.2) is 47.0 Å². The van der Waals surface area contributed by atoms with E-state index in [2.05, 4.69) is 0 Å². The van der Waals surface area contributed by atoms with Gasteiger partial charge in [0.15, 0.2) is 0 Å². The average Bonchev–Trinajstić information content (AvgIpc) is 2.61. The average molecular weight is 423 g/mol. The largest absolute Gasteiger partial charge is 0.496 e. The van der Waals surface area contributed by atoms with E-state index in [1.807, 2.05) is 0 Å². The van der Waals surface area contributed by atoms with E-state index in [-0.39, 0.29) is 28.3 Å². The highest BCUT2D eigenvalue weighted by atomic mass is 35.5. The molecule has 0 unspecified atom stereocenters. The fraction of sp³-hybridized carbons (Fsp3) is 0.222. The van der Waals surface area contributed by atoms with Crippen LogP contribution in [-0.4, -0.2) is 20.8 Å². The van der Waals surface area contributed by atoms with Crippen LogP contribution in [0.1, 0.15) is 5.56 Å². The van der Waals surface area contributed by atoms with Crippen molar-refractivity contribution in [3.8, 4) is 28.7 Å². The monoisotopic (exact) mass is 422 g/mol. The van der Waals surface area contributed by atoms with Crippen molar-refractivity contribution < 1.29 is 32.1 Å². The standard InChI is InChI=1S/C18H15Cl2F3O4/c1-24-12-7-13(25-2)9-14(8-12)27-11-3-4-16(26-6-5-17(19)20)15(10-11)18(21,22)23/h3-5,7-10H,6H2,1-2H3. The van der Waals surface area contributed by atoms with E-state index in [1.54, 1.807) is 6.07 Å². The number of ether oxygens (including phenoxy) is 4. The lowest BCUT2D eigenvalue weighted by Crippen LogP contribution is -2.09. The van der Waals surface area contributed by atoms with Crippen molar-refractivity contribution in [2.24, 2.45) is 0 Å². The Labute approximate surface area is 164 Å². The summed E-state index contributed by atoms with van der Waals surface area (Å²) in [6, 6.07) is 8.00. The van der Waals surface area contributed by atoms with Crippen molar-refractivity contribution in [1.82, 2.24) is 0 Å². The molecule has 0 saturated heterocycles. The molecule has 0 saturated carbocycles. The highest BCUT2D eigenvalue weighted by Gasteiger charge is 2.35. The third-order valence-electron chi connectivity index (χ3n) is 3.29. The van der Waals surface area contributed by atoms with Gasteiger partial charge in [0.1, 0.15) is 45.4 Å². The van der Waals surface area contributed by atoms with Gasteiger partial charge in [0.05, 0.1) is 14.2 Å². The van der Waals surface area contributed by atoms with Gasteiger partial charge in [-0.2, -0.15) is 13.2 Å². The van der Waals surface area contributed by atoms with E-state index in [9.17, 15) is 13.2 Å². The van der Waals surface area contributed by atoms with Gasteiger partial charge in [-0.05, 0) is 24.3 Å². The number of methoxy groups -OCH3 is 2. The van der Waals surface area contributed by atoms with Gasteiger partial charge in [0, 0.05) is 18.2 Å². The Bertz CT molecular complexity index is 796. The maximum atomic E-state index is 13.3. The molecule has 0 aliphatic heterocycles. The number of benzene rings is 2. The number of hydrogen-bond donors (Lipinski definition) is 0. The predicted molar refractivity (Wildman–Crippen MR) is 96.3 cm³/mol. The number of alkyl halides is 3. The minimum atomic E-state index is -4.64. The van der Waals surface area contributed by atoms with Crippen LogP contribution in [0, 0.1) is 0 Å². The summed E-state index contributed by atoms with van der Waals surface area (Å²) in [4.78, 5) is 0. The van der Waals surface area contributed by atoms with Crippen molar-refractivity contribution >= 4 is 23.2 Å². The maximum absolute atomic E-state index is 13.3. The zero-order valence-electron chi connectivity index (χ0n) is 14.3. The summed E-state index contributed by atoms with van der Waals surface area (Å²) >= 11 is 10.8. The van der Waals surface area contributed by atoms with E-state index in [0.29, 0.717) is 11.5 Å². The predicted octanol–water partition coefficient (Wildman–Crippen LogP) is 6.21. The first-order valence-electron chi connectivity index (χ1n) is 7.49. The van der Waals surface area contributed by atoms with E-state index >= 15 is 0 Å². The summed E-state index contributed by atoms with van der Waals surface area (Å²) in [6.45, 7) is -0.210. The third kappa shape index (κ3) is 6.15. The highest BCUT2D eigenvalue weighted by Crippen LogP contribution is 2.40. The Balaban J connectivity index is 2.32. The van der Waals surface area contributed by atoms with Gasteiger partial charge >= 0.3 is 6.18 Å². The first-order chi connectivity index (χ1) is 12.7. The van der Waals surface area contributed by atoms with Crippen molar-refractivity contribution in [3.63, 3.8) is 0 Å². The second kappa shape index (κ2) is 9.10. The van der Waals surface area contributed by atoms with E-state index in [0.717, 1.165) is 12.1 Å². The van der Waals surface area contributed by atoms with Crippen LogP contribution in [0.3, 0.4) is 0 Å². The Morgan fingerprint density at radius 2 is 1.52 bits per heavy atom. The van der Waals surface area contributed by atoms with Crippen molar-refractivity contribution in [1.29, 1.82) is 0 Å². The van der Waals surface area contributed by atoms with Gasteiger partial charge in [-0.1, -0.05) is 23.2 Å². The molecule has 2 rings (SSSR count). The normalized spacial score (nSPS) is 10.9. The van der Waals surface area contributed by atoms with Crippen LogP contribution in [0.5, 0.6) is 28.7 Å². The molecule has 0 spiro atoms. The van der Waals surface area contributed by atoms with Crippen molar-refractivity contribution in [2.75, 3.05) is 20.8 Å². The molecular weight excluding hydrogens is 408 g/mol. The summed E-state index contributed by atoms with van der Waals surface area (Å²) < 4.78 is 60.8. The van der Waals surface area contributed by atoms with Crippen LogP contribution in [0.4, 0.5) is 13.2 Å². The van der Waals surface area contributed by atoms with Crippen LogP contribution in [0.2, 0.25) is 0 Å². The van der Waals surface area contributed by atoms with Crippen LogP contribution in [0.25, 0.3) is 0 Å². The molecule has 2 aromatic carbocycles. The molecule has 0 atom stereocenters. The zero-order valence-corrected chi connectivity index (χ0v) is 15.8. The molecule has 0 aromatic heterocycles. The fourth-order valence-corrected chi connectivity index (χ4v) is 2.22. The molecular formula is C18H15Cl2F3O4. The van der Waals surface area contributed by atoms with Gasteiger partial charge in [-0.25, -0.2) is 0 Å².